The maximum atomic E-state index is 11.8. The summed E-state index contributed by atoms with van der Waals surface area (Å²) in [4.78, 5) is 5.97. The Kier molecular flexibility index (Phi) is 2.60. The van der Waals surface area contributed by atoms with Crippen molar-refractivity contribution in [1.82, 2.24) is 4.98 Å². The molecule has 9 heteroatoms. The third-order valence-electron chi connectivity index (χ3n) is 1.11. The van der Waals surface area contributed by atoms with E-state index >= 15 is 0 Å². The number of rotatable bonds is 2. The first-order chi connectivity index (χ1) is 6.33. The smallest absolute Gasteiger partial charge is 0.315 e. The van der Waals surface area contributed by atoms with Gasteiger partial charge < -0.3 is 4.83 Å². The zero-order valence-corrected chi connectivity index (χ0v) is 7.33. The number of alkyl halides is 3. The third kappa shape index (κ3) is 2.31. The molecule has 14 heavy (non-hydrogen) atoms. The molecule has 0 aliphatic heterocycles. The van der Waals surface area contributed by atoms with Crippen LogP contribution in [0.5, 0.6) is 0 Å². The average molecular weight is 227 g/mol. The number of halogens is 3. The Balaban J connectivity index is 2.91. The van der Waals surface area contributed by atoms with E-state index in [1.54, 1.807) is 0 Å². The second-order valence-electron chi connectivity index (χ2n) is 2.13. The summed E-state index contributed by atoms with van der Waals surface area (Å²) in [6.07, 6.45) is 4.16. The fourth-order valence-corrected chi connectivity index (χ4v) is 0.988. The van der Waals surface area contributed by atoms with Crippen molar-refractivity contribution in [2.45, 2.75) is 5.51 Å². The summed E-state index contributed by atoms with van der Waals surface area (Å²) in [5, 5.41) is 0. The predicted molar refractivity (Wildman–Crippen MR) is 38.2 cm³/mol. The van der Waals surface area contributed by atoms with Crippen molar-refractivity contribution in [3.05, 3.63) is 29.6 Å². The number of sulfonamides is 1. The van der Waals surface area contributed by atoms with E-state index < -0.39 is 15.5 Å². The lowest BCUT2D eigenvalue weighted by Crippen LogP contribution is -2.36. The molecule has 1 rings (SSSR count). The van der Waals surface area contributed by atoms with Crippen molar-refractivity contribution in [2.24, 2.45) is 0 Å². The molecule has 0 aliphatic carbocycles. The maximum Gasteiger partial charge on any atom is 0.487 e. The molecule has 0 radical (unpaired) electrons. The molecule has 0 spiro atoms. The van der Waals surface area contributed by atoms with Crippen molar-refractivity contribution in [1.29, 1.82) is 0 Å². The minimum Gasteiger partial charge on any atom is -0.315 e. The van der Waals surface area contributed by atoms with Crippen LogP contribution in [0.1, 0.15) is 0 Å². The summed E-state index contributed by atoms with van der Waals surface area (Å²) in [6.45, 7) is 0. The lowest BCUT2D eigenvalue weighted by Gasteiger charge is -2.15. The molecule has 0 bridgehead atoms. The summed E-state index contributed by atoms with van der Waals surface area (Å²) in [5.41, 5.74) is -5.39. The highest BCUT2D eigenvalue weighted by Gasteiger charge is 2.41. The Hall–Kier alpha value is -1.38. The van der Waals surface area contributed by atoms with Gasteiger partial charge in [-0.15, -0.1) is 0 Å². The second-order valence-corrected chi connectivity index (χ2v) is 3.70. The van der Waals surface area contributed by atoms with E-state index in [4.69, 9.17) is 0 Å². The van der Waals surface area contributed by atoms with Gasteiger partial charge in [-0.2, -0.15) is 13.2 Å². The molecule has 0 fully saturated rings. The van der Waals surface area contributed by atoms with Gasteiger partial charge >= 0.3 is 5.51 Å². The second kappa shape index (κ2) is 3.40. The van der Waals surface area contributed by atoms with E-state index in [1.165, 1.54) is 0 Å². The minimum atomic E-state index is -5.49. The van der Waals surface area contributed by atoms with E-state index in [-0.39, 0.29) is 0 Å². The molecule has 0 aromatic carbocycles. The van der Waals surface area contributed by atoms with Gasteiger partial charge in [0.1, 0.15) is 0 Å². The zero-order chi connectivity index (χ0) is 10.8. The molecule has 1 aromatic rings. The molecule has 0 aliphatic rings. The summed E-state index contributed by atoms with van der Waals surface area (Å²) in [5.74, 6) is 0. The monoisotopic (exact) mass is 227 g/mol. The van der Waals surface area contributed by atoms with Crippen LogP contribution >= 0.6 is 0 Å². The average Bonchev–Trinajstić information content (AvgIpc) is 2.03. The fraction of sp³-hybridized carbons (Fsp3) is 0.200. The predicted octanol–water partition coefficient (Wildman–Crippen LogP) is 0.355. The van der Waals surface area contributed by atoms with Crippen LogP contribution in [0.4, 0.5) is 13.2 Å². The summed E-state index contributed by atoms with van der Waals surface area (Å²) < 4.78 is 56.9. The van der Waals surface area contributed by atoms with E-state index in [0.29, 0.717) is 4.68 Å². The molecule has 1 aromatic heterocycles. The van der Waals surface area contributed by atoms with Crippen LogP contribution in [-0.4, -0.2) is 18.9 Å². The molecule has 5 nitrogen and oxygen atoms in total. The molecule has 78 valence electrons. The molecule has 0 saturated carbocycles. The topological polar surface area (TPSA) is 65.0 Å². The first kappa shape index (κ1) is 10.7. The van der Waals surface area contributed by atoms with Crippen molar-refractivity contribution >= 4 is 10.0 Å². The Morgan fingerprint density at radius 2 is 1.71 bits per heavy atom. The van der Waals surface area contributed by atoms with Crippen LogP contribution in [0, 0.1) is 0 Å². The lowest BCUT2D eigenvalue weighted by molar-refractivity contribution is -0.614. The summed E-state index contributed by atoms with van der Waals surface area (Å²) >= 11 is 0. The molecular formula is C5H4F3N3O2S. The van der Waals surface area contributed by atoms with Crippen molar-refractivity contribution in [3.8, 4) is 0 Å². The van der Waals surface area contributed by atoms with E-state index in [1.807, 2.05) is 0 Å². The van der Waals surface area contributed by atoms with Crippen molar-refractivity contribution < 1.29 is 26.3 Å². The fourth-order valence-electron chi connectivity index (χ4n) is 0.538. The Bertz CT molecular complexity index is 402. The number of hydrogen-bond donors (Lipinski definition) is 0. The summed E-state index contributed by atoms with van der Waals surface area (Å²) in [7, 11) is -5.49. The van der Waals surface area contributed by atoms with Gasteiger partial charge in [-0.05, 0) is 0 Å². The number of nitrogens with zero attached hydrogens (tertiary/aromatic N) is 3. The number of hydrogen-bond acceptors (Lipinski definition) is 3. The maximum absolute atomic E-state index is 11.8. The molecule has 0 unspecified atom stereocenters. The first-order valence-corrected chi connectivity index (χ1v) is 4.63. The Labute approximate surface area is 77.2 Å². The highest BCUT2D eigenvalue weighted by atomic mass is 32.2. The van der Waals surface area contributed by atoms with E-state index in [9.17, 15) is 21.6 Å². The van der Waals surface area contributed by atoms with Gasteiger partial charge in [-0.25, -0.2) is 13.1 Å². The molecular weight excluding hydrogens is 223 g/mol. The Morgan fingerprint density at radius 3 is 2.14 bits per heavy atom. The molecule has 0 saturated heterocycles. The van der Waals surface area contributed by atoms with Gasteiger partial charge in [0.15, 0.2) is 12.4 Å². The van der Waals surface area contributed by atoms with Crippen LogP contribution in [0.15, 0.2) is 24.8 Å². The van der Waals surface area contributed by atoms with Crippen LogP contribution in [-0.2, 0) is 10.0 Å². The van der Waals surface area contributed by atoms with Crippen molar-refractivity contribution in [3.63, 3.8) is 0 Å². The Morgan fingerprint density at radius 1 is 1.21 bits per heavy atom. The van der Waals surface area contributed by atoms with Crippen molar-refractivity contribution in [2.75, 3.05) is 0 Å². The molecule has 0 amide bonds. The first-order valence-electron chi connectivity index (χ1n) is 3.19. The standard InChI is InChI=1S/C5H4F3N3O2S/c6-5(7,8)14(12,13)10-11-3-1-9-2-4-11/h1-4H. The van der Waals surface area contributed by atoms with Gasteiger partial charge in [0, 0.05) is 0 Å². The molecule has 1 heterocycles. The van der Waals surface area contributed by atoms with Gasteiger partial charge in [0.25, 0.3) is 0 Å². The molecule has 0 atom stereocenters. The third-order valence-corrected chi connectivity index (χ3v) is 2.09. The van der Waals surface area contributed by atoms with Gasteiger partial charge in [0.05, 0.1) is 12.4 Å². The van der Waals surface area contributed by atoms with Crippen LogP contribution < -0.4 is 4.68 Å². The summed E-state index contributed by atoms with van der Waals surface area (Å²) in [6, 6.07) is 0. The molecule has 0 N–H and O–H groups in total. The highest BCUT2D eigenvalue weighted by Crippen LogP contribution is 2.25. The lowest BCUT2D eigenvalue weighted by atomic mass is 10.8. The van der Waals surface area contributed by atoms with E-state index in [2.05, 4.69) is 9.82 Å². The van der Waals surface area contributed by atoms with Crippen LogP contribution in [0.3, 0.4) is 0 Å². The quantitative estimate of drug-likeness (QED) is 0.685. The zero-order valence-electron chi connectivity index (χ0n) is 6.51. The van der Waals surface area contributed by atoms with Gasteiger partial charge in [-0.1, -0.05) is 0 Å². The number of aromatic nitrogens is 2. The SMILES string of the molecule is O=S(=O)([N-][n+]1ccncc1)C(F)(F)F. The minimum absolute atomic E-state index is 0.510. The highest BCUT2D eigenvalue weighted by molar-refractivity contribution is 7.94. The van der Waals surface area contributed by atoms with E-state index in [0.717, 1.165) is 24.8 Å². The largest absolute Gasteiger partial charge is 0.487 e. The van der Waals surface area contributed by atoms with Gasteiger partial charge in [-0.3, -0.25) is 4.98 Å². The van der Waals surface area contributed by atoms with Crippen LogP contribution in [0.2, 0.25) is 0 Å². The normalized spacial score (nSPS) is 12.5. The van der Waals surface area contributed by atoms with Crippen LogP contribution in [0.25, 0.3) is 4.83 Å². The van der Waals surface area contributed by atoms with Gasteiger partial charge in [0.2, 0.25) is 10.0 Å².